The molecule has 0 unspecified atom stereocenters. The number of aromatic nitrogens is 4. The Hall–Kier alpha value is -4.04. The molecule has 4 N–H and O–H groups in total. The Morgan fingerprint density at radius 2 is 1.97 bits per heavy atom. The molecule has 0 spiro atoms. The van der Waals surface area contributed by atoms with Crippen LogP contribution in [0.25, 0.3) is 38.6 Å². The van der Waals surface area contributed by atoms with Crippen LogP contribution in [0.3, 0.4) is 0 Å². The molecule has 0 bridgehead atoms. The average Bonchev–Trinajstić information content (AvgIpc) is 3.40. The number of hydrogen-bond donors (Lipinski definition) is 2. The Morgan fingerprint density at radius 3 is 2.71 bits per heavy atom. The Labute approximate surface area is 205 Å². The molecule has 8 nitrogen and oxygen atoms in total. The largest absolute Gasteiger partial charge is 0.383 e. The number of carbonyl (C=O) groups excluding carboxylic acids is 1. The number of benzene rings is 1. The number of para-hydroxylation sites is 1. The van der Waals surface area contributed by atoms with Crippen molar-refractivity contribution in [2.75, 3.05) is 25.4 Å². The number of nitrogens with two attached hydrogens (primary N) is 2. The van der Waals surface area contributed by atoms with Gasteiger partial charge in [0, 0.05) is 35.8 Å². The van der Waals surface area contributed by atoms with E-state index in [9.17, 15) is 4.79 Å². The van der Waals surface area contributed by atoms with E-state index in [2.05, 4.69) is 57.0 Å². The Bertz CT molecular complexity index is 1420. The number of pyridine rings is 1. The van der Waals surface area contributed by atoms with Gasteiger partial charge in [-0.25, -0.2) is 9.97 Å². The minimum Gasteiger partial charge on any atom is -0.383 e. The Balaban J connectivity index is 0.000000225. The molecule has 4 aromatic rings. The molecule has 35 heavy (non-hydrogen) atoms. The highest BCUT2D eigenvalue weighted by atomic mass is 16.1. The van der Waals surface area contributed by atoms with Gasteiger partial charge in [-0.05, 0) is 43.3 Å². The number of nitrogens with zero attached hydrogens (tertiary/aromatic N) is 5. The van der Waals surface area contributed by atoms with Crippen molar-refractivity contribution >= 4 is 39.2 Å². The SMILES string of the molecule is C=C1CCn2c1c(-c1cnc3ccccc3c1)c1c(N)ncnc12.CCN(CC)C/C=C/C(N)=O. The van der Waals surface area contributed by atoms with Crippen LogP contribution in [0.15, 0.2) is 61.6 Å². The fraction of sp³-hybridized carbons (Fsp3) is 0.259. The number of fused-ring (bicyclic) bond motifs is 4. The third kappa shape index (κ3) is 4.93. The van der Waals surface area contributed by atoms with Crippen molar-refractivity contribution in [3.05, 3.63) is 67.3 Å². The highest BCUT2D eigenvalue weighted by molar-refractivity contribution is 6.07. The normalized spacial score (nSPS) is 12.9. The maximum absolute atomic E-state index is 10.3. The van der Waals surface area contributed by atoms with Crippen molar-refractivity contribution < 1.29 is 4.79 Å². The van der Waals surface area contributed by atoms with Crippen LogP contribution in [0, 0.1) is 0 Å². The van der Waals surface area contributed by atoms with E-state index in [1.807, 2.05) is 24.4 Å². The Kier molecular flexibility index (Phi) is 7.22. The average molecular weight is 470 g/mol. The lowest BCUT2D eigenvalue weighted by Crippen LogP contribution is -2.23. The highest BCUT2D eigenvalue weighted by Gasteiger charge is 2.27. The van der Waals surface area contributed by atoms with Crippen LogP contribution in [0.1, 0.15) is 26.0 Å². The molecule has 1 amide bonds. The molecule has 180 valence electrons. The van der Waals surface area contributed by atoms with Crippen LogP contribution < -0.4 is 11.5 Å². The molecule has 1 aromatic carbocycles. The number of nitrogen functional groups attached to an aromatic ring is 1. The second-order valence-electron chi connectivity index (χ2n) is 8.39. The molecule has 0 radical (unpaired) electrons. The van der Waals surface area contributed by atoms with Crippen molar-refractivity contribution in [2.45, 2.75) is 26.8 Å². The minimum absolute atomic E-state index is 0.378. The second-order valence-corrected chi connectivity index (χ2v) is 8.39. The molecule has 0 saturated carbocycles. The first-order valence-electron chi connectivity index (χ1n) is 11.8. The van der Waals surface area contributed by atoms with Gasteiger partial charge in [-0.1, -0.05) is 44.7 Å². The minimum atomic E-state index is -0.378. The number of anilines is 1. The summed E-state index contributed by atoms with van der Waals surface area (Å²) in [5.41, 5.74) is 17.3. The number of rotatable bonds is 6. The maximum Gasteiger partial charge on any atom is 0.241 e. The number of likely N-dealkylation sites (N-methyl/N-ethyl adjacent to an activating group) is 1. The van der Waals surface area contributed by atoms with Crippen molar-refractivity contribution in [1.82, 2.24) is 24.4 Å². The number of amides is 1. The highest BCUT2D eigenvalue weighted by Crippen LogP contribution is 2.43. The fourth-order valence-electron chi connectivity index (χ4n) is 4.43. The van der Waals surface area contributed by atoms with E-state index in [4.69, 9.17) is 11.5 Å². The van der Waals surface area contributed by atoms with Crippen molar-refractivity contribution in [3.63, 3.8) is 0 Å². The molecule has 1 aliphatic heterocycles. The third-order valence-corrected chi connectivity index (χ3v) is 6.26. The van der Waals surface area contributed by atoms with Crippen molar-refractivity contribution in [3.8, 4) is 11.1 Å². The summed E-state index contributed by atoms with van der Waals surface area (Å²) in [7, 11) is 0. The lowest BCUT2D eigenvalue weighted by molar-refractivity contribution is -0.113. The van der Waals surface area contributed by atoms with Gasteiger partial charge in [0.25, 0.3) is 0 Å². The van der Waals surface area contributed by atoms with E-state index in [1.54, 1.807) is 6.08 Å². The van der Waals surface area contributed by atoms with Gasteiger partial charge in [0.15, 0.2) is 0 Å². The van der Waals surface area contributed by atoms with Crippen LogP contribution in [0.5, 0.6) is 0 Å². The van der Waals surface area contributed by atoms with Gasteiger partial charge in [0.05, 0.1) is 16.6 Å². The lowest BCUT2D eigenvalue weighted by Gasteiger charge is -2.14. The standard InChI is InChI=1S/C19H15N5.C8H16N2O/c1-11-6-7-24-17(11)15(16-18(20)22-10-23-19(16)24)13-8-12-4-2-3-5-14(12)21-9-13;1-3-10(4-2)7-5-6-8(9)11/h2-5,8-10H,1,6-7H2,(H2,20,22,23);5-6H,3-4,7H2,1-2H3,(H2,9,11)/b;6-5+. The van der Waals surface area contributed by atoms with Gasteiger partial charge in [0.1, 0.15) is 17.8 Å². The van der Waals surface area contributed by atoms with E-state index in [-0.39, 0.29) is 5.91 Å². The Morgan fingerprint density at radius 1 is 1.20 bits per heavy atom. The molecule has 3 aromatic heterocycles. The fourth-order valence-corrected chi connectivity index (χ4v) is 4.43. The van der Waals surface area contributed by atoms with Crippen LogP contribution in [0.4, 0.5) is 5.82 Å². The predicted octanol–water partition coefficient (Wildman–Crippen LogP) is 4.02. The first-order valence-corrected chi connectivity index (χ1v) is 11.8. The van der Waals surface area contributed by atoms with Gasteiger partial charge in [0.2, 0.25) is 5.91 Å². The van der Waals surface area contributed by atoms with Gasteiger partial charge in [-0.3, -0.25) is 9.78 Å². The molecule has 0 aliphatic carbocycles. The summed E-state index contributed by atoms with van der Waals surface area (Å²) in [5.74, 6) is 0.120. The molecular formula is C27H31N7O. The van der Waals surface area contributed by atoms with E-state index in [0.29, 0.717) is 5.82 Å². The molecule has 0 fully saturated rings. The van der Waals surface area contributed by atoms with Gasteiger partial charge < -0.3 is 20.9 Å². The lowest BCUT2D eigenvalue weighted by atomic mass is 9.99. The summed E-state index contributed by atoms with van der Waals surface area (Å²) in [6.45, 7) is 12.1. The summed E-state index contributed by atoms with van der Waals surface area (Å²) >= 11 is 0. The number of allylic oxidation sites excluding steroid dienone is 1. The number of hydrogen-bond acceptors (Lipinski definition) is 6. The summed E-state index contributed by atoms with van der Waals surface area (Å²) in [6, 6.07) is 10.2. The van der Waals surface area contributed by atoms with E-state index >= 15 is 0 Å². The van der Waals surface area contributed by atoms with Crippen LogP contribution in [-0.4, -0.2) is 50.0 Å². The topological polar surface area (TPSA) is 116 Å². The third-order valence-electron chi connectivity index (χ3n) is 6.26. The number of aryl methyl sites for hydroxylation is 1. The predicted molar refractivity (Wildman–Crippen MR) is 142 cm³/mol. The number of primary amides is 1. The van der Waals surface area contributed by atoms with Crippen LogP contribution in [0.2, 0.25) is 0 Å². The molecule has 8 heteroatoms. The van der Waals surface area contributed by atoms with E-state index < -0.39 is 0 Å². The van der Waals surface area contributed by atoms with E-state index in [1.165, 1.54) is 12.4 Å². The molecule has 0 saturated heterocycles. The monoisotopic (exact) mass is 469 g/mol. The maximum atomic E-state index is 10.3. The molecule has 0 atom stereocenters. The smallest absolute Gasteiger partial charge is 0.241 e. The first kappa shape index (κ1) is 24.1. The van der Waals surface area contributed by atoms with Crippen molar-refractivity contribution in [2.24, 2.45) is 5.73 Å². The van der Waals surface area contributed by atoms with Crippen LogP contribution in [-0.2, 0) is 11.3 Å². The molecular weight excluding hydrogens is 438 g/mol. The van der Waals surface area contributed by atoms with Gasteiger partial charge in [-0.15, -0.1) is 0 Å². The van der Waals surface area contributed by atoms with Gasteiger partial charge >= 0.3 is 0 Å². The summed E-state index contributed by atoms with van der Waals surface area (Å²) in [6.07, 6.45) is 7.54. The molecule has 4 heterocycles. The van der Waals surface area contributed by atoms with Gasteiger partial charge in [-0.2, -0.15) is 0 Å². The zero-order valence-electron chi connectivity index (χ0n) is 20.2. The summed E-state index contributed by atoms with van der Waals surface area (Å²) in [5, 5.41) is 1.99. The van der Waals surface area contributed by atoms with E-state index in [0.717, 1.165) is 76.9 Å². The zero-order chi connectivity index (χ0) is 24.9. The van der Waals surface area contributed by atoms with Crippen LogP contribution >= 0.6 is 0 Å². The zero-order valence-corrected chi connectivity index (χ0v) is 20.2. The quantitative estimate of drug-likeness (QED) is 0.412. The molecule has 5 rings (SSSR count). The van der Waals surface area contributed by atoms with Crippen molar-refractivity contribution in [1.29, 1.82) is 0 Å². The number of carbonyl (C=O) groups is 1. The summed E-state index contributed by atoms with van der Waals surface area (Å²) < 4.78 is 2.19. The molecule has 1 aliphatic rings. The second kappa shape index (κ2) is 10.5. The first-order chi connectivity index (χ1) is 16.9. The summed E-state index contributed by atoms with van der Waals surface area (Å²) in [4.78, 5) is 25.7.